The summed E-state index contributed by atoms with van der Waals surface area (Å²) < 4.78 is 11.0. The third-order valence-electron chi connectivity index (χ3n) is 5.74. The summed E-state index contributed by atoms with van der Waals surface area (Å²) in [6, 6.07) is 15.7. The third-order valence-corrected chi connectivity index (χ3v) is 5.74. The number of carboxylic acids is 1. The number of nitrogens with zero attached hydrogens (tertiary/aromatic N) is 2. The van der Waals surface area contributed by atoms with Gasteiger partial charge in [0.2, 0.25) is 0 Å². The van der Waals surface area contributed by atoms with E-state index in [0.29, 0.717) is 16.9 Å². The minimum Gasteiger partial charge on any atom is -0.505 e. The molecule has 4 rings (SSSR count). The summed E-state index contributed by atoms with van der Waals surface area (Å²) >= 11 is 0. The first-order valence-electron chi connectivity index (χ1n) is 10.3. The van der Waals surface area contributed by atoms with Crippen molar-refractivity contribution in [2.45, 2.75) is 12.8 Å². The first-order chi connectivity index (χ1) is 15.9. The van der Waals surface area contributed by atoms with Crippen LogP contribution in [0.3, 0.4) is 0 Å². The number of carboxylic acid groups (broad SMARTS) is 1. The Morgan fingerprint density at radius 1 is 1.12 bits per heavy atom. The van der Waals surface area contributed by atoms with Crippen LogP contribution in [0.15, 0.2) is 48.5 Å². The number of amides is 1. The monoisotopic (exact) mass is 447 g/mol. The first-order valence-corrected chi connectivity index (χ1v) is 10.3. The highest BCUT2D eigenvalue weighted by Crippen LogP contribution is 2.34. The number of hydrogen-bond acceptors (Lipinski definition) is 7. The van der Waals surface area contributed by atoms with Gasteiger partial charge in [0.1, 0.15) is 23.3 Å². The molecule has 0 aliphatic carbocycles. The average molecular weight is 447 g/mol. The summed E-state index contributed by atoms with van der Waals surface area (Å²) in [7, 11) is 0. The fraction of sp³-hybridized carbons (Fsp3) is 0.250. The Bertz CT molecular complexity index is 1250. The van der Waals surface area contributed by atoms with Gasteiger partial charge in [-0.05, 0) is 43.2 Å². The molecule has 168 valence electrons. The molecule has 1 fully saturated rings. The number of ether oxygens (including phenoxy) is 2. The van der Waals surface area contributed by atoms with Crippen LogP contribution >= 0.6 is 0 Å². The third kappa shape index (κ3) is 4.42. The van der Waals surface area contributed by atoms with Crippen molar-refractivity contribution in [1.29, 1.82) is 5.26 Å². The zero-order chi connectivity index (χ0) is 23.4. The Kier molecular flexibility index (Phi) is 6.11. The number of aromatic nitrogens is 1. The lowest BCUT2D eigenvalue weighted by atomic mass is 9.80. The number of aromatic hydroxyl groups is 1. The number of pyridine rings is 1. The molecule has 0 unspecified atom stereocenters. The van der Waals surface area contributed by atoms with Gasteiger partial charge in [0.25, 0.3) is 5.91 Å². The second-order valence-corrected chi connectivity index (χ2v) is 7.77. The molecular formula is C24H21N3O6. The van der Waals surface area contributed by atoms with Crippen molar-refractivity contribution in [2.24, 2.45) is 5.41 Å². The summed E-state index contributed by atoms with van der Waals surface area (Å²) in [6.45, 7) is 0.427. The van der Waals surface area contributed by atoms with Crippen LogP contribution in [0.2, 0.25) is 0 Å². The summed E-state index contributed by atoms with van der Waals surface area (Å²) in [4.78, 5) is 28.7. The molecule has 0 radical (unpaired) electrons. The van der Waals surface area contributed by atoms with Crippen LogP contribution in [0.25, 0.3) is 10.8 Å². The van der Waals surface area contributed by atoms with Crippen LogP contribution in [0.4, 0.5) is 0 Å². The van der Waals surface area contributed by atoms with Gasteiger partial charge in [-0.1, -0.05) is 18.2 Å². The van der Waals surface area contributed by atoms with Gasteiger partial charge in [0.15, 0.2) is 11.4 Å². The van der Waals surface area contributed by atoms with Crippen LogP contribution in [0, 0.1) is 16.7 Å². The molecule has 3 aromatic rings. The zero-order valence-electron chi connectivity index (χ0n) is 17.6. The van der Waals surface area contributed by atoms with Crippen molar-refractivity contribution < 1.29 is 29.3 Å². The number of carbonyl (C=O) groups excluding carboxylic acids is 1. The van der Waals surface area contributed by atoms with Crippen molar-refractivity contribution in [3.63, 3.8) is 0 Å². The summed E-state index contributed by atoms with van der Waals surface area (Å²) in [6.07, 6.45) is 0.515. The highest BCUT2D eigenvalue weighted by molar-refractivity contribution is 6.03. The predicted octanol–water partition coefficient (Wildman–Crippen LogP) is 3.22. The van der Waals surface area contributed by atoms with E-state index in [1.54, 1.807) is 30.3 Å². The van der Waals surface area contributed by atoms with Crippen LogP contribution in [0.5, 0.6) is 17.2 Å². The Morgan fingerprint density at radius 3 is 2.52 bits per heavy atom. The molecule has 33 heavy (non-hydrogen) atoms. The molecule has 0 saturated carbocycles. The second-order valence-electron chi connectivity index (χ2n) is 7.77. The molecule has 2 heterocycles. The average Bonchev–Trinajstić information content (AvgIpc) is 2.84. The highest BCUT2D eigenvalue weighted by atomic mass is 16.5. The summed E-state index contributed by atoms with van der Waals surface area (Å²) in [5, 5.41) is 33.1. The number of fused-ring (bicyclic) bond motifs is 1. The van der Waals surface area contributed by atoms with Crippen LogP contribution < -0.4 is 10.1 Å². The van der Waals surface area contributed by atoms with Gasteiger partial charge in [-0.3, -0.25) is 9.59 Å². The lowest BCUT2D eigenvalue weighted by Crippen LogP contribution is -2.46. The lowest BCUT2D eigenvalue weighted by Gasteiger charge is -2.33. The fourth-order valence-corrected chi connectivity index (χ4v) is 3.77. The number of carbonyl (C=O) groups is 2. The number of para-hydroxylation sites is 1. The van der Waals surface area contributed by atoms with Gasteiger partial charge < -0.3 is 25.0 Å². The molecule has 1 aromatic heterocycles. The Morgan fingerprint density at radius 2 is 1.85 bits per heavy atom. The van der Waals surface area contributed by atoms with E-state index in [1.165, 1.54) is 0 Å². The van der Waals surface area contributed by atoms with Crippen LogP contribution in [-0.4, -0.2) is 46.8 Å². The van der Waals surface area contributed by atoms with E-state index in [4.69, 9.17) is 9.47 Å². The molecule has 2 aromatic carbocycles. The first kappa shape index (κ1) is 22.0. The summed E-state index contributed by atoms with van der Waals surface area (Å²) in [5.74, 6) is -1.15. The molecular weight excluding hydrogens is 426 g/mol. The van der Waals surface area contributed by atoms with Gasteiger partial charge in [0, 0.05) is 30.5 Å². The van der Waals surface area contributed by atoms with E-state index in [9.17, 15) is 25.1 Å². The number of aliphatic carboxylic acids is 1. The van der Waals surface area contributed by atoms with E-state index in [0.717, 1.165) is 0 Å². The second kappa shape index (κ2) is 9.14. The van der Waals surface area contributed by atoms with E-state index in [-0.39, 0.29) is 49.4 Å². The fourth-order valence-electron chi connectivity index (χ4n) is 3.77. The van der Waals surface area contributed by atoms with Gasteiger partial charge in [0.05, 0.1) is 5.41 Å². The molecule has 1 saturated heterocycles. The number of rotatable bonds is 6. The van der Waals surface area contributed by atoms with Crippen molar-refractivity contribution in [3.05, 3.63) is 59.9 Å². The van der Waals surface area contributed by atoms with E-state index >= 15 is 0 Å². The molecule has 0 spiro atoms. The largest absolute Gasteiger partial charge is 0.505 e. The van der Waals surface area contributed by atoms with Crippen LogP contribution in [0.1, 0.15) is 29.0 Å². The topological polar surface area (TPSA) is 142 Å². The highest BCUT2D eigenvalue weighted by Gasteiger charge is 2.40. The van der Waals surface area contributed by atoms with Crippen molar-refractivity contribution >= 4 is 22.6 Å². The van der Waals surface area contributed by atoms with Crippen molar-refractivity contribution in [3.8, 4) is 23.3 Å². The number of nitrogens with one attached hydrogen (secondary N) is 1. The molecule has 1 aliphatic heterocycles. The van der Waals surface area contributed by atoms with Gasteiger partial charge in [-0.2, -0.15) is 5.26 Å². The molecule has 1 amide bonds. The SMILES string of the molecule is N#Cc1nc(C(=O)NCC2(C(=O)O)CCOCC2)c(O)c2ccc(Oc3ccccc3)cc12. The molecule has 0 atom stereocenters. The minimum absolute atomic E-state index is 0.0644. The molecule has 0 bridgehead atoms. The Balaban J connectivity index is 1.62. The summed E-state index contributed by atoms with van der Waals surface area (Å²) in [5.41, 5.74) is -1.56. The van der Waals surface area contributed by atoms with E-state index in [2.05, 4.69) is 10.3 Å². The molecule has 3 N–H and O–H groups in total. The number of hydrogen-bond donors (Lipinski definition) is 3. The maximum Gasteiger partial charge on any atom is 0.311 e. The Hall–Kier alpha value is -4.16. The van der Waals surface area contributed by atoms with E-state index < -0.39 is 23.0 Å². The van der Waals surface area contributed by atoms with Crippen molar-refractivity contribution in [2.75, 3.05) is 19.8 Å². The van der Waals surface area contributed by atoms with Gasteiger partial charge in [-0.25, -0.2) is 4.98 Å². The molecule has 9 nitrogen and oxygen atoms in total. The van der Waals surface area contributed by atoms with Crippen LogP contribution in [-0.2, 0) is 9.53 Å². The smallest absolute Gasteiger partial charge is 0.311 e. The normalized spacial score (nSPS) is 14.9. The maximum absolute atomic E-state index is 12.8. The van der Waals surface area contributed by atoms with E-state index in [1.807, 2.05) is 24.3 Å². The lowest BCUT2D eigenvalue weighted by molar-refractivity contribution is -0.154. The van der Waals surface area contributed by atoms with Gasteiger partial charge >= 0.3 is 5.97 Å². The Labute approximate surface area is 189 Å². The maximum atomic E-state index is 12.8. The standard InChI is InChI=1S/C24H21N3O6/c25-13-19-18-12-16(33-15-4-2-1-3-5-15)6-7-17(18)21(28)20(27-19)22(29)26-14-24(23(30)31)8-10-32-11-9-24/h1-7,12,28H,8-11,14H2,(H,26,29)(H,30,31). The molecule has 9 heteroatoms. The number of benzene rings is 2. The quantitative estimate of drug-likeness (QED) is 0.523. The van der Waals surface area contributed by atoms with Crippen molar-refractivity contribution in [1.82, 2.24) is 10.3 Å². The zero-order valence-corrected chi connectivity index (χ0v) is 17.6. The predicted molar refractivity (Wildman–Crippen MR) is 117 cm³/mol. The minimum atomic E-state index is -1.15. The number of nitriles is 1. The molecule has 1 aliphatic rings. The van der Waals surface area contributed by atoms with Gasteiger partial charge in [-0.15, -0.1) is 0 Å².